The first-order valence-corrected chi connectivity index (χ1v) is 11.1. The van der Waals surface area contributed by atoms with Crippen LogP contribution in [0.15, 0.2) is 42.5 Å². The third kappa shape index (κ3) is 5.12. The maximum atomic E-state index is 13.8. The zero-order valence-electron chi connectivity index (χ0n) is 19.0. The molecule has 2 aliphatic rings. The number of anilines is 2. The van der Waals surface area contributed by atoms with Crippen molar-refractivity contribution in [2.45, 2.75) is 37.5 Å². The van der Waals surface area contributed by atoms with E-state index in [1.807, 2.05) is 0 Å². The number of carbonyl (C=O) groups is 3. The summed E-state index contributed by atoms with van der Waals surface area (Å²) in [6.07, 6.45) is 0.993. The van der Waals surface area contributed by atoms with E-state index in [1.54, 1.807) is 37.2 Å². The Hall–Kier alpha value is -3.66. The summed E-state index contributed by atoms with van der Waals surface area (Å²) in [6, 6.07) is 9.72. The molecule has 0 radical (unpaired) electrons. The van der Waals surface area contributed by atoms with Gasteiger partial charge in [-0.25, -0.2) is 9.18 Å². The van der Waals surface area contributed by atoms with Gasteiger partial charge in [0.15, 0.2) is 0 Å². The third-order valence-electron chi connectivity index (χ3n) is 6.08. The molecule has 10 heteroatoms. The van der Waals surface area contributed by atoms with Crippen molar-refractivity contribution in [3.8, 4) is 5.75 Å². The topological polar surface area (TPSA) is 109 Å². The minimum atomic E-state index is -0.638. The fourth-order valence-corrected chi connectivity index (χ4v) is 4.26. The molecule has 180 valence electrons. The molecule has 2 heterocycles. The Morgan fingerprint density at radius 1 is 1.15 bits per heavy atom. The summed E-state index contributed by atoms with van der Waals surface area (Å²) >= 11 is 0. The number of hydrogen-bond donors (Lipinski definition) is 3. The molecule has 4 amide bonds. The predicted molar refractivity (Wildman–Crippen MR) is 123 cm³/mol. The lowest BCUT2D eigenvalue weighted by atomic mass is 9.94. The highest BCUT2D eigenvalue weighted by Crippen LogP contribution is 2.32. The average Bonchev–Trinajstić information content (AvgIpc) is 2.83. The van der Waals surface area contributed by atoms with Gasteiger partial charge in [0.1, 0.15) is 24.3 Å². The number of amides is 4. The average molecular weight is 471 g/mol. The maximum absolute atomic E-state index is 13.8. The second-order valence-corrected chi connectivity index (χ2v) is 8.32. The van der Waals surface area contributed by atoms with Crippen molar-refractivity contribution < 1.29 is 28.2 Å². The van der Waals surface area contributed by atoms with Gasteiger partial charge < -0.3 is 30.3 Å². The summed E-state index contributed by atoms with van der Waals surface area (Å²) in [4.78, 5) is 39.0. The molecule has 0 unspecified atom stereocenters. The van der Waals surface area contributed by atoms with E-state index in [2.05, 4.69) is 16.0 Å². The minimum absolute atomic E-state index is 0.0449. The molecule has 2 aromatic rings. The molecule has 2 aromatic carbocycles. The van der Waals surface area contributed by atoms with Gasteiger partial charge in [0.2, 0.25) is 5.91 Å². The van der Waals surface area contributed by atoms with Crippen molar-refractivity contribution in [3.05, 3.63) is 53.8 Å². The van der Waals surface area contributed by atoms with Crippen LogP contribution in [-0.4, -0.2) is 61.7 Å². The van der Waals surface area contributed by atoms with Crippen LogP contribution in [0.3, 0.4) is 0 Å². The molecule has 0 saturated carbocycles. The van der Waals surface area contributed by atoms with Crippen LogP contribution in [-0.2, 0) is 9.53 Å². The van der Waals surface area contributed by atoms with Crippen LogP contribution in [0.25, 0.3) is 0 Å². The molecular weight excluding hydrogens is 443 g/mol. The number of benzene rings is 2. The summed E-state index contributed by atoms with van der Waals surface area (Å²) in [5.74, 6) is -0.546. The Labute approximate surface area is 196 Å². The van der Waals surface area contributed by atoms with Gasteiger partial charge in [-0.2, -0.15) is 0 Å². The summed E-state index contributed by atoms with van der Waals surface area (Å²) in [6.45, 7) is 0.222. The Bertz CT molecular complexity index is 1090. The monoisotopic (exact) mass is 470 g/mol. The zero-order valence-corrected chi connectivity index (χ0v) is 19.0. The number of nitrogens with one attached hydrogen (secondary N) is 3. The zero-order chi connectivity index (χ0) is 24.2. The summed E-state index contributed by atoms with van der Waals surface area (Å²) in [5.41, 5.74) is 0.709. The van der Waals surface area contributed by atoms with E-state index in [4.69, 9.17) is 9.47 Å². The van der Waals surface area contributed by atoms with Gasteiger partial charge in [-0.05, 0) is 43.2 Å². The van der Waals surface area contributed by atoms with Crippen molar-refractivity contribution >= 4 is 29.2 Å². The minimum Gasteiger partial charge on any atom is -0.490 e. The molecule has 1 saturated heterocycles. The Kier molecular flexibility index (Phi) is 6.97. The van der Waals surface area contributed by atoms with Crippen LogP contribution >= 0.6 is 0 Å². The molecule has 3 atom stereocenters. The first-order valence-electron chi connectivity index (χ1n) is 11.1. The molecule has 2 aliphatic heterocycles. The molecule has 3 N–H and O–H groups in total. The molecule has 9 nitrogen and oxygen atoms in total. The van der Waals surface area contributed by atoms with Crippen LogP contribution in [0.2, 0.25) is 0 Å². The van der Waals surface area contributed by atoms with Gasteiger partial charge in [-0.1, -0.05) is 12.1 Å². The van der Waals surface area contributed by atoms with E-state index in [0.717, 1.165) is 0 Å². The van der Waals surface area contributed by atoms with Crippen molar-refractivity contribution in [2.75, 3.05) is 31.3 Å². The normalized spacial score (nSPS) is 21.8. The smallest absolute Gasteiger partial charge is 0.323 e. The molecule has 0 bridgehead atoms. The third-order valence-corrected chi connectivity index (χ3v) is 6.08. The highest BCUT2D eigenvalue weighted by Gasteiger charge is 2.39. The van der Waals surface area contributed by atoms with Crippen LogP contribution in [0.4, 0.5) is 20.6 Å². The standard InChI is InChI=1S/C24H27FN4O5/c1-26-22(30)12-15-8-9-19-21(34-15)13-33-20-10-7-14(11-16(20)23(31)29(19)2)27-24(32)28-18-6-4-3-5-17(18)25/h3-7,10-11,15,19,21H,8-9,12-13H2,1-2H3,(H,26,30)(H2,27,28,32)/t15-,19-,21-/m0/s1. The van der Waals surface area contributed by atoms with E-state index in [1.165, 1.54) is 24.3 Å². The molecule has 1 fully saturated rings. The van der Waals surface area contributed by atoms with E-state index < -0.39 is 11.8 Å². The van der Waals surface area contributed by atoms with Gasteiger partial charge in [0.25, 0.3) is 5.91 Å². The maximum Gasteiger partial charge on any atom is 0.323 e. The number of rotatable bonds is 4. The van der Waals surface area contributed by atoms with Crippen LogP contribution in [0.5, 0.6) is 5.75 Å². The van der Waals surface area contributed by atoms with Gasteiger partial charge in [-0.3, -0.25) is 9.59 Å². The van der Waals surface area contributed by atoms with Crippen LogP contribution < -0.4 is 20.7 Å². The number of hydrogen-bond acceptors (Lipinski definition) is 5. The lowest BCUT2D eigenvalue weighted by Gasteiger charge is -2.42. The predicted octanol–water partition coefficient (Wildman–Crippen LogP) is 2.99. The number of ether oxygens (including phenoxy) is 2. The first kappa shape index (κ1) is 23.5. The van der Waals surface area contributed by atoms with Gasteiger partial charge in [-0.15, -0.1) is 0 Å². The number of para-hydroxylation sites is 1. The van der Waals surface area contributed by atoms with Crippen LogP contribution in [0.1, 0.15) is 29.6 Å². The molecule has 34 heavy (non-hydrogen) atoms. The van der Waals surface area contributed by atoms with Gasteiger partial charge in [0, 0.05) is 19.8 Å². The number of likely N-dealkylation sites (N-methyl/N-ethyl adjacent to an activating group) is 1. The second-order valence-electron chi connectivity index (χ2n) is 8.32. The molecule has 0 aliphatic carbocycles. The molecule has 0 spiro atoms. The Morgan fingerprint density at radius 2 is 1.94 bits per heavy atom. The SMILES string of the molecule is CNC(=O)C[C@@H]1CC[C@H]2[C@H](COc3ccc(NC(=O)Nc4ccccc4F)cc3C(=O)N2C)O1. The molecular formula is C24H27FN4O5. The number of nitrogens with zero attached hydrogens (tertiary/aromatic N) is 1. The number of urea groups is 1. The van der Waals surface area contributed by atoms with Gasteiger partial charge in [0.05, 0.1) is 29.8 Å². The quantitative estimate of drug-likeness (QED) is 0.637. The van der Waals surface area contributed by atoms with E-state index in [-0.39, 0.29) is 48.8 Å². The fraction of sp³-hybridized carbons (Fsp3) is 0.375. The lowest BCUT2D eigenvalue weighted by Crippen LogP contribution is -2.53. The summed E-state index contributed by atoms with van der Waals surface area (Å²) in [7, 11) is 3.30. The van der Waals surface area contributed by atoms with E-state index in [0.29, 0.717) is 29.8 Å². The number of halogens is 1. The number of carbonyl (C=O) groups excluding carboxylic acids is 3. The molecule has 4 rings (SSSR count). The molecule has 0 aromatic heterocycles. The number of fused-ring (bicyclic) bond motifs is 2. The summed E-state index contributed by atoms with van der Waals surface area (Å²) in [5, 5.41) is 7.67. The highest BCUT2D eigenvalue weighted by molar-refractivity contribution is 6.02. The van der Waals surface area contributed by atoms with Crippen LogP contribution in [0, 0.1) is 5.82 Å². The van der Waals surface area contributed by atoms with Crippen molar-refractivity contribution in [1.82, 2.24) is 10.2 Å². The fourth-order valence-electron chi connectivity index (χ4n) is 4.26. The van der Waals surface area contributed by atoms with Gasteiger partial charge >= 0.3 is 6.03 Å². The second kappa shape index (κ2) is 10.1. The Morgan fingerprint density at radius 3 is 2.71 bits per heavy atom. The summed E-state index contributed by atoms with van der Waals surface area (Å²) < 4.78 is 25.8. The van der Waals surface area contributed by atoms with E-state index in [9.17, 15) is 18.8 Å². The largest absolute Gasteiger partial charge is 0.490 e. The first-order chi connectivity index (χ1) is 16.4. The van der Waals surface area contributed by atoms with Crippen molar-refractivity contribution in [1.29, 1.82) is 0 Å². The van der Waals surface area contributed by atoms with Crippen molar-refractivity contribution in [2.24, 2.45) is 0 Å². The lowest BCUT2D eigenvalue weighted by molar-refractivity contribution is -0.133. The Balaban J connectivity index is 1.48. The van der Waals surface area contributed by atoms with Crippen molar-refractivity contribution in [3.63, 3.8) is 0 Å². The highest BCUT2D eigenvalue weighted by atomic mass is 19.1. The van der Waals surface area contributed by atoms with E-state index >= 15 is 0 Å².